The zero-order valence-electron chi connectivity index (χ0n) is 15.9. The van der Waals surface area contributed by atoms with Crippen LogP contribution in [-0.2, 0) is 16.9 Å². The smallest absolute Gasteiger partial charge is 0.247 e. The number of rotatable bonds is 5. The van der Waals surface area contributed by atoms with Crippen molar-refractivity contribution in [1.29, 1.82) is 0 Å². The highest BCUT2D eigenvalue weighted by atomic mass is 16.6. The zero-order chi connectivity index (χ0) is 19.6. The van der Waals surface area contributed by atoms with E-state index in [1.54, 1.807) is 17.1 Å². The molecule has 0 saturated carbocycles. The Hall–Kier alpha value is -3.35. The van der Waals surface area contributed by atoms with Crippen LogP contribution >= 0.6 is 0 Å². The van der Waals surface area contributed by atoms with E-state index >= 15 is 0 Å². The largest absolute Gasteiger partial charge is 0.486 e. The van der Waals surface area contributed by atoms with Crippen LogP contribution in [0.1, 0.15) is 19.5 Å². The minimum absolute atomic E-state index is 0.130. The predicted octanol–water partition coefficient (Wildman–Crippen LogP) is 2.77. The quantitative estimate of drug-likeness (QED) is 0.739. The Kier molecular flexibility index (Phi) is 4.73. The van der Waals surface area contributed by atoms with Gasteiger partial charge in [0.05, 0.1) is 18.4 Å². The van der Waals surface area contributed by atoms with E-state index in [4.69, 9.17) is 9.47 Å². The van der Waals surface area contributed by atoms with Crippen LogP contribution < -0.4 is 14.8 Å². The second kappa shape index (κ2) is 7.34. The summed E-state index contributed by atoms with van der Waals surface area (Å²) in [5.41, 5.74) is 1.83. The third kappa shape index (κ3) is 3.55. The summed E-state index contributed by atoms with van der Waals surface area (Å²) >= 11 is 0. The maximum atomic E-state index is 12.7. The molecule has 28 heavy (non-hydrogen) atoms. The predicted molar refractivity (Wildman–Crippen MR) is 104 cm³/mol. The number of benzene rings is 1. The van der Waals surface area contributed by atoms with Crippen molar-refractivity contribution in [3.63, 3.8) is 0 Å². The lowest BCUT2D eigenvalue weighted by Crippen LogP contribution is -2.44. The van der Waals surface area contributed by atoms with Crippen molar-refractivity contribution >= 4 is 5.91 Å². The molecule has 144 valence electrons. The maximum Gasteiger partial charge on any atom is 0.247 e. The van der Waals surface area contributed by atoms with Crippen molar-refractivity contribution in [3.8, 4) is 22.6 Å². The molecule has 3 aromatic rings. The van der Waals surface area contributed by atoms with Crippen LogP contribution in [0.25, 0.3) is 11.1 Å². The fourth-order valence-electron chi connectivity index (χ4n) is 2.99. The molecule has 0 saturated heterocycles. The first-order valence-electron chi connectivity index (χ1n) is 9.17. The van der Waals surface area contributed by atoms with Crippen LogP contribution in [0.2, 0.25) is 0 Å². The molecule has 0 atom stereocenters. The summed E-state index contributed by atoms with van der Waals surface area (Å²) in [6, 6.07) is 11.4. The zero-order valence-corrected chi connectivity index (χ0v) is 15.9. The number of fused-ring (bicyclic) bond motifs is 1. The number of nitrogens with zero attached hydrogens (tertiary/aromatic N) is 3. The van der Waals surface area contributed by atoms with E-state index in [1.807, 2.05) is 56.4 Å². The number of amides is 1. The molecule has 1 aliphatic rings. The number of carbonyl (C=O) groups excluding carboxylic acids is 1. The number of nitrogens with one attached hydrogen (secondary N) is 1. The van der Waals surface area contributed by atoms with Crippen molar-refractivity contribution in [1.82, 2.24) is 20.1 Å². The lowest BCUT2D eigenvalue weighted by Gasteiger charge is -2.24. The monoisotopic (exact) mass is 378 g/mol. The van der Waals surface area contributed by atoms with Crippen molar-refractivity contribution in [2.24, 2.45) is 0 Å². The number of hydrogen-bond acceptors (Lipinski definition) is 5. The summed E-state index contributed by atoms with van der Waals surface area (Å²) in [5, 5.41) is 7.35. The lowest BCUT2D eigenvalue weighted by atomic mass is 10.0. The van der Waals surface area contributed by atoms with Crippen molar-refractivity contribution < 1.29 is 14.3 Å². The minimum atomic E-state index is -0.846. The molecule has 7 nitrogen and oxygen atoms in total. The van der Waals surface area contributed by atoms with Crippen LogP contribution in [0.5, 0.6) is 11.5 Å². The molecular formula is C21H22N4O3. The van der Waals surface area contributed by atoms with Gasteiger partial charge in [-0.2, -0.15) is 5.10 Å². The van der Waals surface area contributed by atoms with Crippen LogP contribution in [0.3, 0.4) is 0 Å². The molecule has 3 heterocycles. The number of ether oxygens (including phenoxy) is 2. The van der Waals surface area contributed by atoms with Gasteiger partial charge in [0.25, 0.3) is 0 Å². The van der Waals surface area contributed by atoms with Crippen molar-refractivity contribution in [2.75, 3.05) is 13.2 Å². The van der Waals surface area contributed by atoms with E-state index in [9.17, 15) is 4.79 Å². The highest BCUT2D eigenvalue weighted by Gasteiger charge is 2.30. The molecule has 0 spiro atoms. The van der Waals surface area contributed by atoms with Crippen molar-refractivity contribution in [2.45, 2.75) is 25.9 Å². The molecule has 1 aliphatic heterocycles. The molecular weight excluding hydrogens is 356 g/mol. The Labute approximate surface area is 163 Å². The first-order chi connectivity index (χ1) is 13.5. The third-order valence-corrected chi connectivity index (χ3v) is 4.74. The van der Waals surface area contributed by atoms with Gasteiger partial charge in [-0.3, -0.25) is 14.5 Å². The molecule has 0 unspecified atom stereocenters. The summed E-state index contributed by atoms with van der Waals surface area (Å²) in [6.07, 6.45) is 5.32. The summed E-state index contributed by atoms with van der Waals surface area (Å²) in [6.45, 7) is 5.15. The second-order valence-corrected chi connectivity index (χ2v) is 7.09. The van der Waals surface area contributed by atoms with Gasteiger partial charge in [-0.25, -0.2) is 0 Å². The number of carbonyl (C=O) groups is 1. The summed E-state index contributed by atoms with van der Waals surface area (Å²) in [5.74, 6) is 1.34. The molecule has 1 amide bonds. The molecule has 7 heteroatoms. The second-order valence-electron chi connectivity index (χ2n) is 7.09. The van der Waals surface area contributed by atoms with Gasteiger partial charge in [0, 0.05) is 18.0 Å². The molecule has 0 aliphatic carbocycles. The lowest BCUT2D eigenvalue weighted by molar-refractivity contribution is -0.129. The number of aromatic nitrogens is 3. The van der Waals surface area contributed by atoms with Gasteiger partial charge in [-0.15, -0.1) is 0 Å². The van der Waals surface area contributed by atoms with E-state index in [-0.39, 0.29) is 5.91 Å². The van der Waals surface area contributed by atoms with Crippen LogP contribution in [0.15, 0.2) is 55.0 Å². The molecule has 1 aromatic carbocycles. The Morgan fingerprint density at radius 3 is 2.75 bits per heavy atom. The van der Waals surface area contributed by atoms with E-state index in [0.29, 0.717) is 19.8 Å². The normalized spacial score (nSPS) is 13.2. The Balaban J connectivity index is 1.50. The SMILES string of the molecule is CC(C)(C(=O)NCc1ccccn1)n1cc(-c2ccc3c(c2)OCCO3)cn1. The molecule has 0 radical (unpaired) electrons. The van der Waals surface area contributed by atoms with Gasteiger partial charge in [0.15, 0.2) is 11.5 Å². The van der Waals surface area contributed by atoms with E-state index in [0.717, 1.165) is 28.3 Å². The van der Waals surface area contributed by atoms with Crippen LogP contribution in [0.4, 0.5) is 0 Å². The molecule has 0 fully saturated rings. The summed E-state index contributed by atoms with van der Waals surface area (Å²) in [7, 11) is 0. The van der Waals surface area contributed by atoms with Gasteiger partial charge in [-0.05, 0) is 43.7 Å². The van der Waals surface area contributed by atoms with E-state index < -0.39 is 5.54 Å². The van der Waals surface area contributed by atoms with Gasteiger partial charge in [-0.1, -0.05) is 12.1 Å². The standard InChI is InChI=1S/C21H22N4O3/c1-21(2,20(26)23-13-17-5-3-4-8-22-17)25-14-16(12-24-25)15-6-7-18-19(11-15)28-10-9-27-18/h3-8,11-12,14H,9-10,13H2,1-2H3,(H,23,26). The molecule has 2 aromatic heterocycles. The molecule has 4 rings (SSSR count). The highest BCUT2D eigenvalue weighted by Crippen LogP contribution is 2.34. The van der Waals surface area contributed by atoms with Gasteiger partial charge >= 0.3 is 0 Å². The fraction of sp³-hybridized carbons (Fsp3) is 0.286. The Bertz CT molecular complexity index is 982. The van der Waals surface area contributed by atoms with Crippen LogP contribution in [-0.4, -0.2) is 33.9 Å². The van der Waals surface area contributed by atoms with E-state index in [2.05, 4.69) is 15.4 Å². The minimum Gasteiger partial charge on any atom is -0.486 e. The number of pyridine rings is 1. The summed E-state index contributed by atoms with van der Waals surface area (Å²) < 4.78 is 12.9. The third-order valence-electron chi connectivity index (χ3n) is 4.74. The topological polar surface area (TPSA) is 78.3 Å². The van der Waals surface area contributed by atoms with Gasteiger partial charge < -0.3 is 14.8 Å². The molecule has 0 bridgehead atoms. The van der Waals surface area contributed by atoms with Crippen molar-refractivity contribution in [3.05, 3.63) is 60.7 Å². The van der Waals surface area contributed by atoms with E-state index in [1.165, 1.54) is 0 Å². The number of hydrogen-bond donors (Lipinski definition) is 1. The van der Waals surface area contributed by atoms with Gasteiger partial charge in [0.1, 0.15) is 18.8 Å². The maximum absolute atomic E-state index is 12.7. The average Bonchev–Trinajstić information content (AvgIpc) is 3.23. The van der Waals surface area contributed by atoms with Gasteiger partial charge in [0.2, 0.25) is 5.91 Å². The Morgan fingerprint density at radius 1 is 1.14 bits per heavy atom. The summed E-state index contributed by atoms with van der Waals surface area (Å²) in [4.78, 5) is 17.0. The Morgan fingerprint density at radius 2 is 1.96 bits per heavy atom. The van der Waals surface area contributed by atoms with Crippen LogP contribution in [0, 0.1) is 0 Å². The average molecular weight is 378 g/mol. The highest BCUT2D eigenvalue weighted by molar-refractivity contribution is 5.83. The fourth-order valence-corrected chi connectivity index (χ4v) is 2.99. The molecule has 1 N–H and O–H groups in total. The first kappa shape index (κ1) is 18.0. The first-order valence-corrected chi connectivity index (χ1v) is 9.17.